The molecule has 0 aromatic carbocycles. The average molecular weight is 187 g/mol. The first-order valence-electron chi connectivity index (χ1n) is 5.20. The number of hydrogen-bond acceptors (Lipinski definition) is 3. The normalized spacial score (nSPS) is 20.3. The summed E-state index contributed by atoms with van der Waals surface area (Å²) < 4.78 is 0. The highest BCUT2D eigenvalue weighted by molar-refractivity contribution is 4.76. The molecule has 0 bridgehead atoms. The lowest BCUT2D eigenvalue weighted by atomic mass is 9.85. The zero-order valence-electron chi connectivity index (χ0n) is 8.45. The lowest BCUT2D eigenvalue weighted by Crippen LogP contribution is -2.40. The molecule has 13 heavy (non-hydrogen) atoms. The Morgan fingerprint density at radius 1 is 1.38 bits per heavy atom. The molecule has 1 aliphatic carbocycles. The molecule has 1 fully saturated rings. The topological polar surface area (TPSA) is 43.7 Å². The van der Waals surface area contributed by atoms with Crippen molar-refractivity contribution >= 4 is 0 Å². The third kappa shape index (κ3) is 3.25. The molecular weight excluding hydrogens is 166 g/mol. The second kappa shape index (κ2) is 5.58. The van der Waals surface area contributed by atoms with Gasteiger partial charge in [0.05, 0.1) is 6.61 Å². The Morgan fingerprint density at radius 3 is 2.46 bits per heavy atom. The van der Waals surface area contributed by atoms with Gasteiger partial charge in [0.25, 0.3) is 0 Å². The van der Waals surface area contributed by atoms with Gasteiger partial charge in [-0.1, -0.05) is 6.42 Å². The number of nitrogens with zero attached hydrogens (tertiary/aromatic N) is 1. The van der Waals surface area contributed by atoms with Gasteiger partial charge in [0.15, 0.2) is 0 Å². The fourth-order valence-corrected chi connectivity index (χ4v) is 1.83. The van der Waals surface area contributed by atoms with E-state index in [0.717, 1.165) is 12.5 Å². The van der Waals surface area contributed by atoms with Crippen molar-refractivity contribution in [2.75, 3.05) is 26.8 Å². The van der Waals surface area contributed by atoms with Crippen molar-refractivity contribution in [2.24, 2.45) is 5.92 Å². The predicted octanol–water partition coefficient (Wildman–Crippen LogP) is 0.462. The van der Waals surface area contributed by atoms with Crippen molar-refractivity contribution in [3.05, 3.63) is 0 Å². The van der Waals surface area contributed by atoms with E-state index in [0.29, 0.717) is 6.42 Å². The maximum absolute atomic E-state index is 9.08. The first kappa shape index (κ1) is 11.0. The molecule has 0 saturated heterocycles. The molecule has 3 heteroatoms. The van der Waals surface area contributed by atoms with Gasteiger partial charge in [0.2, 0.25) is 0 Å². The van der Waals surface area contributed by atoms with E-state index in [1.54, 1.807) is 0 Å². The van der Waals surface area contributed by atoms with Crippen molar-refractivity contribution in [3.8, 4) is 0 Å². The number of hydrogen-bond donors (Lipinski definition) is 2. The molecule has 1 unspecified atom stereocenters. The van der Waals surface area contributed by atoms with Gasteiger partial charge in [-0.05, 0) is 32.2 Å². The zero-order valence-corrected chi connectivity index (χ0v) is 8.45. The van der Waals surface area contributed by atoms with E-state index in [9.17, 15) is 0 Å². The van der Waals surface area contributed by atoms with Crippen LogP contribution in [0, 0.1) is 5.92 Å². The van der Waals surface area contributed by atoms with Gasteiger partial charge < -0.3 is 15.1 Å². The molecular formula is C10H21NO2. The summed E-state index contributed by atoms with van der Waals surface area (Å²) in [7, 11) is 2.04. The minimum Gasteiger partial charge on any atom is -0.396 e. The standard InChI is InChI=1S/C10H21NO2/c1-11(7-9-3-2-4-9)10(8-13)5-6-12/h9-10,12-13H,2-8H2,1H3. The fourth-order valence-electron chi connectivity index (χ4n) is 1.83. The third-order valence-electron chi connectivity index (χ3n) is 3.07. The molecule has 0 radical (unpaired) electrons. The highest BCUT2D eigenvalue weighted by Crippen LogP contribution is 2.27. The van der Waals surface area contributed by atoms with Crippen LogP contribution in [0.4, 0.5) is 0 Å². The second-order valence-electron chi connectivity index (χ2n) is 4.09. The van der Waals surface area contributed by atoms with Gasteiger partial charge >= 0.3 is 0 Å². The van der Waals surface area contributed by atoms with Crippen molar-refractivity contribution in [3.63, 3.8) is 0 Å². The molecule has 0 amide bonds. The highest BCUT2D eigenvalue weighted by Gasteiger charge is 2.22. The minimum atomic E-state index is 0.144. The Bertz CT molecular complexity index is 137. The lowest BCUT2D eigenvalue weighted by molar-refractivity contribution is 0.0925. The average Bonchev–Trinajstić information content (AvgIpc) is 2.07. The van der Waals surface area contributed by atoms with Crippen molar-refractivity contribution in [2.45, 2.75) is 31.7 Å². The number of aliphatic hydroxyl groups excluding tert-OH is 2. The van der Waals surface area contributed by atoms with E-state index in [1.165, 1.54) is 19.3 Å². The van der Waals surface area contributed by atoms with Crippen LogP contribution in [0.1, 0.15) is 25.7 Å². The first-order valence-corrected chi connectivity index (χ1v) is 5.20. The maximum atomic E-state index is 9.08. The summed E-state index contributed by atoms with van der Waals surface area (Å²) in [5.74, 6) is 0.831. The van der Waals surface area contributed by atoms with E-state index in [1.807, 2.05) is 7.05 Å². The van der Waals surface area contributed by atoms with Crippen LogP contribution >= 0.6 is 0 Å². The summed E-state index contributed by atoms with van der Waals surface area (Å²) in [4.78, 5) is 2.18. The van der Waals surface area contributed by atoms with Crippen LogP contribution in [0.25, 0.3) is 0 Å². The molecule has 0 aromatic rings. The second-order valence-corrected chi connectivity index (χ2v) is 4.09. The van der Waals surface area contributed by atoms with Gasteiger partial charge in [-0.15, -0.1) is 0 Å². The van der Waals surface area contributed by atoms with Gasteiger partial charge in [0.1, 0.15) is 0 Å². The molecule has 0 aromatic heterocycles. The summed E-state index contributed by atoms with van der Waals surface area (Å²) in [6.07, 6.45) is 4.71. The Balaban J connectivity index is 2.20. The summed E-state index contributed by atoms with van der Waals surface area (Å²) in [5, 5.41) is 17.9. The Morgan fingerprint density at radius 2 is 2.08 bits per heavy atom. The van der Waals surface area contributed by atoms with Crippen LogP contribution in [-0.4, -0.2) is 48.0 Å². The number of rotatable bonds is 6. The molecule has 1 aliphatic rings. The molecule has 2 N–H and O–H groups in total. The van der Waals surface area contributed by atoms with Crippen molar-refractivity contribution in [1.29, 1.82) is 0 Å². The third-order valence-corrected chi connectivity index (χ3v) is 3.07. The Kier molecular flexibility index (Phi) is 4.70. The predicted molar refractivity (Wildman–Crippen MR) is 52.5 cm³/mol. The lowest BCUT2D eigenvalue weighted by Gasteiger charge is -2.33. The smallest absolute Gasteiger partial charge is 0.0587 e. The molecule has 0 heterocycles. The van der Waals surface area contributed by atoms with Crippen molar-refractivity contribution in [1.82, 2.24) is 4.90 Å². The van der Waals surface area contributed by atoms with Crippen LogP contribution in [-0.2, 0) is 0 Å². The van der Waals surface area contributed by atoms with E-state index in [2.05, 4.69) is 4.90 Å². The fraction of sp³-hybridized carbons (Fsp3) is 1.00. The van der Waals surface area contributed by atoms with Crippen LogP contribution in [0.5, 0.6) is 0 Å². The molecule has 0 spiro atoms. The van der Waals surface area contributed by atoms with Gasteiger partial charge in [-0.2, -0.15) is 0 Å². The number of likely N-dealkylation sites (N-methyl/N-ethyl adjacent to an activating group) is 1. The summed E-state index contributed by atoms with van der Waals surface area (Å²) >= 11 is 0. The molecule has 1 saturated carbocycles. The number of aliphatic hydroxyl groups is 2. The molecule has 3 nitrogen and oxygen atoms in total. The summed E-state index contributed by atoms with van der Waals surface area (Å²) in [5.41, 5.74) is 0. The quantitative estimate of drug-likeness (QED) is 0.635. The zero-order chi connectivity index (χ0) is 9.68. The van der Waals surface area contributed by atoms with E-state index in [4.69, 9.17) is 10.2 Å². The van der Waals surface area contributed by atoms with Gasteiger partial charge in [-0.3, -0.25) is 0 Å². The molecule has 78 valence electrons. The first-order chi connectivity index (χ1) is 6.27. The van der Waals surface area contributed by atoms with E-state index in [-0.39, 0.29) is 19.3 Å². The van der Waals surface area contributed by atoms with E-state index < -0.39 is 0 Å². The summed E-state index contributed by atoms with van der Waals surface area (Å²) in [6, 6.07) is 0.144. The maximum Gasteiger partial charge on any atom is 0.0587 e. The molecule has 0 aliphatic heterocycles. The monoisotopic (exact) mass is 187 g/mol. The van der Waals surface area contributed by atoms with Crippen LogP contribution in [0.2, 0.25) is 0 Å². The van der Waals surface area contributed by atoms with Crippen LogP contribution in [0.15, 0.2) is 0 Å². The molecule has 1 atom stereocenters. The van der Waals surface area contributed by atoms with Crippen LogP contribution < -0.4 is 0 Å². The Labute approximate surface area is 80.4 Å². The van der Waals surface area contributed by atoms with Gasteiger partial charge in [0, 0.05) is 19.2 Å². The summed E-state index contributed by atoms with van der Waals surface area (Å²) in [6.45, 7) is 1.40. The van der Waals surface area contributed by atoms with Crippen LogP contribution in [0.3, 0.4) is 0 Å². The van der Waals surface area contributed by atoms with E-state index >= 15 is 0 Å². The van der Waals surface area contributed by atoms with Crippen molar-refractivity contribution < 1.29 is 10.2 Å². The Hall–Kier alpha value is -0.120. The largest absolute Gasteiger partial charge is 0.396 e. The molecule has 1 rings (SSSR count). The minimum absolute atomic E-state index is 0.144. The SMILES string of the molecule is CN(CC1CCC1)C(CO)CCO. The van der Waals surface area contributed by atoms with Gasteiger partial charge in [-0.25, -0.2) is 0 Å². The highest BCUT2D eigenvalue weighted by atomic mass is 16.3.